The molecule has 1 aliphatic heterocycles. The number of carbonyl (C=O) groups is 1. The van der Waals surface area contributed by atoms with Gasteiger partial charge < -0.3 is 20.3 Å². The Hall–Kier alpha value is -2.31. The molecule has 1 heterocycles. The van der Waals surface area contributed by atoms with Gasteiger partial charge in [0.2, 0.25) is 0 Å². The van der Waals surface area contributed by atoms with Crippen molar-refractivity contribution in [2.45, 2.75) is 32.2 Å². The van der Waals surface area contributed by atoms with Crippen LogP contribution in [0.4, 0.5) is 11.4 Å². The van der Waals surface area contributed by atoms with Crippen LogP contribution in [0.3, 0.4) is 0 Å². The summed E-state index contributed by atoms with van der Waals surface area (Å²) in [5, 5.41) is 7.24. The van der Waals surface area contributed by atoms with Crippen LogP contribution in [0, 0.1) is 0 Å². The van der Waals surface area contributed by atoms with Crippen LogP contribution in [0.2, 0.25) is 5.02 Å². The Bertz CT molecular complexity index is 867. The molecule has 1 atom stereocenters. The lowest BCUT2D eigenvalue weighted by molar-refractivity contribution is 0.0601. The van der Waals surface area contributed by atoms with Gasteiger partial charge in [-0.25, -0.2) is 4.79 Å². The van der Waals surface area contributed by atoms with E-state index in [0.717, 1.165) is 18.7 Å². The fourth-order valence-electron chi connectivity index (χ4n) is 3.43. The molecule has 3 rings (SSSR count). The summed E-state index contributed by atoms with van der Waals surface area (Å²) in [6, 6.07) is 13.5. The van der Waals surface area contributed by atoms with E-state index in [2.05, 4.69) is 46.7 Å². The highest BCUT2D eigenvalue weighted by atomic mass is 35.5. The van der Waals surface area contributed by atoms with Crippen molar-refractivity contribution in [1.82, 2.24) is 5.32 Å². The summed E-state index contributed by atoms with van der Waals surface area (Å²) in [7, 11) is 1.34. The maximum Gasteiger partial charge on any atom is 0.337 e. The Kier molecular flexibility index (Phi) is 7.34. The van der Waals surface area contributed by atoms with Crippen LogP contribution in [0.5, 0.6) is 0 Å². The minimum absolute atomic E-state index is 0.0213. The molecular weight excluding hydrogens is 406 g/mol. The molecule has 0 aliphatic carbocycles. The zero-order valence-corrected chi connectivity index (χ0v) is 18.3. The first-order valence-electron chi connectivity index (χ1n) is 9.78. The average molecular weight is 432 g/mol. The molecule has 0 bridgehead atoms. The van der Waals surface area contributed by atoms with Crippen molar-refractivity contribution in [3.63, 3.8) is 0 Å². The molecular formula is C22H26ClN3O2S. The smallest absolute Gasteiger partial charge is 0.337 e. The molecule has 0 saturated carbocycles. The zero-order chi connectivity index (χ0) is 20.8. The van der Waals surface area contributed by atoms with Gasteiger partial charge in [0, 0.05) is 18.8 Å². The van der Waals surface area contributed by atoms with Gasteiger partial charge in [-0.05, 0) is 74.3 Å². The van der Waals surface area contributed by atoms with Gasteiger partial charge in [-0.15, -0.1) is 0 Å². The number of anilines is 2. The van der Waals surface area contributed by atoms with Crippen molar-refractivity contribution in [3.8, 4) is 0 Å². The number of piperidine rings is 1. The van der Waals surface area contributed by atoms with E-state index in [1.165, 1.54) is 32.1 Å². The number of nitrogens with zero attached hydrogens (tertiary/aromatic N) is 1. The third-order valence-electron chi connectivity index (χ3n) is 5.10. The highest BCUT2D eigenvalue weighted by Crippen LogP contribution is 2.25. The first kappa shape index (κ1) is 21.4. The zero-order valence-electron chi connectivity index (χ0n) is 16.7. The number of hydrogen-bond acceptors (Lipinski definition) is 4. The number of esters is 1. The van der Waals surface area contributed by atoms with Gasteiger partial charge in [-0.3, -0.25) is 0 Å². The lowest BCUT2D eigenvalue weighted by Crippen LogP contribution is -2.31. The van der Waals surface area contributed by atoms with Crippen molar-refractivity contribution in [2.75, 3.05) is 30.4 Å². The molecule has 0 spiro atoms. The molecule has 1 fully saturated rings. The number of benzene rings is 2. The lowest BCUT2D eigenvalue weighted by Gasteiger charge is -2.29. The average Bonchev–Trinajstić information content (AvgIpc) is 2.75. The summed E-state index contributed by atoms with van der Waals surface area (Å²) in [5.74, 6) is -0.425. The van der Waals surface area contributed by atoms with E-state index in [0.29, 0.717) is 21.4 Å². The standard InChI is InChI=1S/C22H26ClN3O2S/c1-15(16-6-9-18(10-7-16)26-12-4-3-5-13-26)24-22(29)25-20-14-17(21(27)28-2)8-11-19(20)23/h6-11,14-15H,3-5,12-13H2,1-2H3,(H2,24,25,29)/t15-/m1/s1. The van der Waals surface area contributed by atoms with Crippen LogP contribution in [0.15, 0.2) is 42.5 Å². The van der Waals surface area contributed by atoms with E-state index in [1.807, 2.05) is 0 Å². The second-order valence-corrected chi connectivity index (χ2v) is 7.96. The van der Waals surface area contributed by atoms with Crippen LogP contribution in [-0.4, -0.2) is 31.3 Å². The van der Waals surface area contributed by atoms with Gasteiger partial charge in [0.25, 0.3) is 0 Å². The highest BCUT2D eigenvalue weighted by molar-refractivity contribution is 7.80. The largest absolute Gasteiger partial charge is 0.465 e. The van der Waals surface area contributed by atoms with E-state index in [1.54, 1.807) is 18.2 Å². The molecule has 0 radical (unpaired) electrons. The fourth-order valence-corrected chi connectivity index (χ4v) is 3.88. The molecule has 29 heavy (non-hydrogen) atoms. The van der Waals surface area contributed by atoms with Crippen molar-refractivity contribution in [3.05, 3.63) is 58.6 Å². The quantitative estimate of drug-likeness (QED) is 0.503. The van der Waals surface area contributed by atoms with Crippen molar-refractivity contribution in [1.29, 1.82) is 0 Å². The number of halogens is 1. The number of rotatable bonds is 5. The van der Waals surface area contributed by atoms with Gasteiger partial charge in [0.05, 0.1) is 29.4 Å². The summed E-state index contributed by atoms with van der Waals surface area (Å²) in [6.07, 6.45) is 3.85. The number of ether oxygens (including phenoxy) is 1. The van der Waals surface area contributed by atoms with Crippen LogP contribution in [0.25, 0.3) is 0 Å². The molecule has 0 aromatic heterocycles. The van der Waals surface area contributed by atoms with Crippen molar-refractivity contribution < 1.29 is 9.53 Å². The fraction of sp³-hybridized carbons (Fsp3) is 0.364. The maximum absolute atomic E-state index is 11.7. The predicted octanol–water partition coefficient (Wildman–Crippen LogP) is 5.16. The molecule has 2 aromatic rings. The second-order valence-electron chi connectivity index (χ2n) is 7.15. The first-order valence-corrected chi connectivity index (χ1v) is 10.6. The predicted molar refractivity (Wildman–Crippen MR) is 123 cm³/mol. The Labute approximate surface area is 182 Å². The Morgan fingerprint density at radius 3 is 2.48 bits per heavy atom. The molecule has 1 aliphatic rings. The van der Waals surface area contributed by atoms with Gasteiger partial charge in [-0.2, -0.15) is 0 Å². The molecule has 0 unspecified atom stereocenters. The summed E-state index contributed by atoms with van der Waals surface area (Å²) in [5.41, 5.74) is 3.38. The van der Waals surface area contributed by atoms with Gasteiger partial charge >= 0.3 is 5.97 Å². The van der Waals surface area contributed by atoms with Crippen molar-refractivity contribution >= 4 is 46.3 Å². The first-order chi connectivity index (χ1) is 14.0. The van der Waals surface area contributed by atoms with Gasteiger partial charge in [0.1, 0.15) is 0 Å². The molecule has 0 amide bonds. The molecule has 5 nitrogen and oxygen atoms in total. The topological polar surface area (TPSA) is 53.6 Å². The SMILES string of the molecule is COC(=O)c1ccc(Cl)c(NC(=S)N[C@H](C)c2ccc(N3CCCCC3)cc2)c1. The number of thiocarbonyl (C=S) groups is 1. The normalized spacial score (nSPS) is 14.8. The minimum atomic E-state index is -0.425. The van der Waals surface area contributed by atoms with Crippen LogP contribution in [-0.2, 0) is 4.74 Å². The Morgan fingerprint density at radius 1 is 1.14 bits per heavy atom. The minimum Gasteiger partial charge on any atom is -0.465 e. The van der Waals surface area contributed by atoms with E-state index in [4.69, 9.17) is 28.6 Å². The summed E-state index contributed by atoms with van der Waals surface area (Å²) in [6.45, 7) is 4.31. The third-order valence-corrected chi connectivity index (χ3v) is 5.65. The monoisotopic (exact) mass is 431 g/mol. The summed E-state index contributed by atoms with van der Waals surface area (Å²) in [4.78, 5) is 14.2. The molecule has 2 aromatic carbocycles. The van der Waals surface area contributed by atoms with E-state index in [9.17, 15) is 4.79 Å². The van der Waals surface area contributed by atoms with E-state index >= 15 is 0 Å². The number of nitrogens with one attached hydrogen (secondary N) is 2. The molecule has 154 valence electrons. The number of hydrogen-bond donors (Lipinski definition) is 2. The molecule has 7 heteroatoms. The lowest BCUT2D eigenvalue weighted by atomic mass is 10.1. The van der Waals surface area contributed by atoms with Gasteiger partial charge in [0.15, 0.2) is 5.11 Å². The molecule has 1 saturated heterocycles. The van der Waals surface area contributed by atoms with Crippen LogP contribution in [0.1, 0.15) is 48.1 Å². The van der Waals surface area contributed by atoms with Gasteiger partial charge in [-0.1, -0.05) is 23.7 Å². The maximum atomic E-state index is 11.7. The summed E-state index contributed by atoms with van der Waals surface area (Å²) < 4.78 is 4.75. The number of carbonyl (C=O) groups excluding carboxylic acids is 1. The Balaban J connectivity index is 1.61. The number of methoxy groups -OCH3 is 1. The van der Waals surface area contributed by atoms with E-state index < -0.39 is 5.97 Å². The summed E-state index contributed by atoms with van der Waals surface area (Å²) >= 11 is 11.7. The van der Waals surface area contributed by atoms with Crippen molar-refractivity contribution in [2.24, 2.45) is 0 Å². The van der Waals surface area contributed by atoms with Crippen LogP contribution >= 0.6 is 23.8 Å². The Morgan fingerprint density at radius 2 is 1.83 bits per heavy atom. The molecule has 2 N–H and O–H groups in total. The third kappa shape index (κ3) is 5.61. The van der Waals surface area contributed by atoms with E-state index in [-0.39, 0.29) is 6.04 Å². The highest BCUT2D eigenvalue weighted by Gasteiger charge is 2.14. The van der Waals surface area contributed by atoms with Crippen LogP contribution < -0.4 is 15.5 Å². The second kappa shape index (κ2) is 9.94.